The van der Waals surface area contributed by atoms with Crippen molar-refractivity contribution >= 4 is 28.5 Å². The van der Waals surface area contributed by atoms with Gasteiger partial charge in [-0.3, -0.25) is 14.2 Å². The Labute approximate surface area is 186 Å². The van der Waals surface area contributed by atoms with Crippen LogP contribution in [0, 0.1) is 0 Å². The van der Waals surface area contributed by atoms with Gasteiger partial charge in [-0.15, -0.1) is 0 Å². The van der Waals surface area contributed by atoms with Gasteiger partial charge in [0.05, 0.1) is 12.9 Å². The Morgan fingerprint density at radius 1 is 1.15 bits per heavy atom. The van der Waals surface area contributed by atoms with E-state index in [9.17, 15) is 30.0 Å². The summed E-state index contributed by atoms with van der Waals surface area (Å²) in [5, 5.41) is 43.5. The highest BCUT2D eigenvalue weighted by atomic mass is 16.6. The average molecular weight is 458 g/mol. The Bertz CT molecular complexity index is 1170. The third-order valence-corrected chi connectivity index (χ3v) is 5.34. The molecule has 3 aromatic rings. The van der Waals surface area contributed by atoms with Crippen LogP contribution in [0.15, 0.2) is 36.9 Å². The smallest absolute Gasteiger partial charge is 0.230 e. The average Bonchev–Trinajstić information content (AvgIpc) is 3.38. The number of nitrogens with two attached hydrogens (primary N) is 1. The van der Waals surface area contributed by atoms with Crippen LogP contribution in [0.25, 0.3) is 11.2 Å². The SMILES string of the molecule is NCC(=O)C(=O)C(O)[C@H]1O[C@@H](n2cnc3c(NCc4ccc(O)cc4)ncnc32)[C@H](O)[C@@H]1O. The molecule has 0 aliphatic carbocycles. The molecule has 0 spiro atoms. The molecule has 33 heavy (non-hydrogen) atoms. The third-order valence-electron chi connectivity index (χ3n) is 5.34. The lowest BCUT2D eigenvalue weighted by atomic mass is 10.0. The van der Waals surface area contributed by atoms with E-state index in [1.165, 1.54) is 17.2 Å². The van der Waals surface area contributed by atoms with Crippen LogP contribution in [0.2, 0.25) is 0 Å². The summed E-state index contributed by atoms with van der Waals surface area (Å²) in [6.07, 6.45) is -5.43. The van der Waals surface area contributed by atoms with E-state index in [1.807, 2.05) is 0 Å². The van der Waals surface area contributed by atoms with Gasteiger partial charge in [0.15, 0.2) is 23.2 Å². The van der Waals surface area contributed by atoms with Crippen LogP contribution >= 0.6 is 0 Å². The number of hydrogen-bond donors (Lipinski definition) is 6. The molecule has 5 atom stereocenters. The summed E-state index contributed by atoms with van der Waals surface area (Å²) < 4.78 is 6.88. The van der Waals surface area contributed by atoms with Crippen molar-refractivity contribution in [1.29, 1.82) is 0 Å². The minimum Gasteiger partial charge on any atom is -0.508 e. The third kappa shape index (κ3) is 4.27. The van der Waals surface area contributed by atoms with E-state index in [2.05, 4.69) is 20.3 Å². The lowest BCUT2D eigenvalue weighted by molar-refractivity contribution is -0.150. The van der Waals surface area contributed by atoms with Gasteiger partial charge in [-0.2, -0.15) is 0 Å². The molecule has 0 bridgehead atoms. The topological polar surface area (TPSA) is 206 Å². The molecule has 1 unspecified atom stereocenters. The number of imidazole rings is 1. The molecule has 0 saturated carbocycles. The number of rotatable bonds is 8. The van der Waals surface area contributed by atoms with Gasteiger partial charge in [-0.05, 0) is 17.7 Å². The van der Waals surface area contributed by atoms with Crippen molar-refractivity contribution in [1.82, 2.24) is 19.5 Å². The second-order valence-corrected chi connectivity index (χ2v) is 7.48. The molecule has 1 saturated heterocycles. The van der Waals surface area contributed by atoms with Gasteiger partial charge in [0.25, 0.3) is 0 Å². The number of Topliss-reactive ketones (excluding diaryl/α,β-unsaturated/α-hetero) is 2. The number of aliphatic hydroxyl groups excluding tert-OH is 3. The molecule has 174 valence electrons. The number of hydrogen-bond acceptors (Lipinski definition) is 12. The molecular formula is C20H22N6O7. The molecule has 0 radical (unpaired) electrons. The Balaban J connectivity index is 1.56. The van der Waals surface area contributed by atoms with Crippen molar-refractivity contribution in [2.75, 3.05) is 11.9 Å². The second kappa shape index (κ2) is 9.17. The predicted octanol–water partition coefficient (Wildman–Crippen LogP) is -1.78. The van der Waals surface area contributed by atoms with Gasteiger partial charge in [-0.25, -0.2) is 15.0 Å². The maximum absolute atomic E-state index is 12.0. The van der Waals surface area contributed by atoms with Crippen molar-refractivity contribution in [2.45, 2.75) is 37.2 Å². The number of phenols is 1. The number of benzene rings is 1. The number of carbonyl (C=O) groups excluding carboxylic acids is 2. The fourth-order valence-electron chi connectivity index (χ4n) is 3.56. The first-order valence-corrected chi connectivity index (χ1v) is 9.98. The first-order valence-electron chi connectivity index (χ1n) is 9.98. The molecule has 2 aromatic heterocycles. The molecular weight excluding hydrogens is 436 g/mol. The Morgan fingerprint density at radius 2 is 1.88 bits per heavy atom. The predicted molar refractivity (Wildman–Crippen MR) is 112 cm³/mol. The summed E-state index contributed by atoms with van der Waals surface area (Å²) in [5.41, 5.74) is 6.63. The number of aliphatic hydroxyl groups is 3. The van der Waals surface area contributed by atoms with E-state index in [0.29, 0.717) is 17.9 Å². The summed E-state index contributed by atoms with van der Waals surface area (Å²) in [4.78, 5) is 36.1. The molecule has 13 nitrogen and oxygen atoms in total. The fraction of sp³-hybridized carbons (Fsp3) is 0.350. The maximum atomic E-state index is 12.0. The largest absolute Gasteiger partial charge is 0.508 e. The highest BCUT2D eigenvalue weighted by Gasteiger charge is 2.49. The highest BCUT2D eigenvalue weighted by molar-refractivity contribution is 6.39. The summed E-state index contributed by atoms with van der Waals surface area (Å²) in [7, 11) is 0. The standard InChI is InChI=1S/C20H22N6O7/c21-5-11(28)13(29)14(30)17-15(31)16(32)20(33-17)26-8-25-12-18(23-7-24-19(12)26)22-6-9-1-3-10(27)4-2-9/h1-4,7-8,14-17,20,27,30-32H,5-6,21H2,(H,22,23,24)/t14?,15-,16+,17+,20+/m0/s1. The highest BCUT2D eigenvalue weighted by Crippen LogP contribution is 2.33. The van der Waals surface area contributed by atoms with E-state index in [1.54, 1.807) is 24.3 Å². The lowest BCUT2D eigenvalue weighted by Crippen LogP contribution is -2.46. The fourth-order valence-corrected chi connectivity index (χ4v) is 3.56. The molecule has 1 aliphatic heterocycles. The minimum absolute atomic E-state index is 0.150. The number of ketones is 2. The molecule has 1 aliphatic rings. The van der Waals surface area contributed by atoms with Gasteiger partial charge in [0.1, 0.15) is 36.5 Å². The van der Waals surface area contributed by atoms with Crippen molar-refractivity contribution in [3.8, 4) is 5.75 Å². The van der Waals surface area contributed by atoms with E-state index < -0.39 is 48.8 Å². The lowest BCUT2D eigenvalue weighted by Gasteiger charge is -2.19. The van der Waals surface area contributed by atoms with Crippen LogP contribution in [0.4, 0.5) is 5.82 Å². The minimum atomic E-state index is -2.00. The van der Waals surface area contributed by atoms with Crippen LogP contribution in [0.5, 0.6) is 5.75 Å². The molecule has 1 fully saturated rings. The van der Waals surface area contributed by atoms with Crippen LogP contribution in [0.1, 0.15) is 11.8 Å². The summed E-state index contributed by atoms with van der Waals surface area (Å²) in [6, 6.07) is 6.60. The van der Waals surface area contributed by atoms with Crippen LogP contribution in [0.3, 0.4) is 0 Å². The van der Waals surface area contributed by atoms with Crippen LogP contribution in [-0.4, -0.2) is 82.5 Å². The summed E-state index contributed by atoms with van der Waals surface area (Å²) in [6.45, 7) is -0.222. The normalized spacial score (nSPS) is 23.5. The van der Waals surface area contributed by atoms with E-state index >= 15 is 0 Å². The van der Waals surface area contributed by atoms with Gasteiger partial charge in [0.2, 0.25) is 11.6 Å². The number of aromatic nitrogens is 4. The van der Waals surface area contributed by atoms with Crippen molar-refractivity contribution in [3.63, 3.8) is 0 Å². The molecule has 7 N–H and O–H groups in total. The molecule has 13 heteroatoms. The number of nitrogens with zero attached hydrogens (tertiary/aromatic N) is 4. The first kappa shape index (κ1) is 22.7. The first-order chi connectivity index (χ1) is 15.8. The molecule has 4 rings (SSSR count). The van der Waals surface area contributed by atoms with Crippen molar-refractivity contribution in [3.05, 3.63) is 42.5 Å². The number of aromatic hydroxyl groups is 1. The number of phenolic OH excluding ortho intramolecular Hbond substituents is 1. The Kier molecular flexibility index (Phi) is 6.31. The molecule has 0 amide bonds. The number of nitrogens with one attached hydrogen (secondary N) is 1. The summed E-state index contributed by atoms with van der Waals surface area (Å²) in [5.74, 6) is -1.70. The zero-order chi connectivity index (χ0) is 23.7. The van der Waals surface area contributed by atoms with Crippen molar-refractivity contribution in [2.24, 2.45) is 5.73 Å². The van der Waals surface area contributed by atoms with Gasteiger partial charge in [-0.1, -0.05) is 12.1 Å². The Morgan fingerprint density at radius 3 is 2.58 bits per heavy atom. The molecule has 1 aromatic carbocycles. The number of fused-ring (bicyclic) bond motifs is 1. The van der Waals surface area contributed by atoms with Crippen molar-refractivity contribution < 1.29 is 34.8 Å². The number of ether oxygens (including phenoxy) is 1. The van der Waals surface area contributed by atoms with Crippen LogP contribution in [-0.2, 0) is 20.9 Å². The Hall–Kier alpha value is -3.49. The summed E-state index contributed by atoms with van der Waals surface area (Å²) >= 11 is 0. The van der Waals surface area contributed by atoms with E-state index in [0.717, 1.165) is 5.56 Å². The zero-order valence-corrected chi connectivity index (χ0v) is 17.1. The zero-order valence-electron chi connectivity index (χ0n) is 17.1. The van der Waals surface area contributed by atoms with E-state index in [-0.39, 0.29) is 11.4 Å². The molecule has 3 heterocycles. The van der Waals surface area contributed by atoms with Crippen LogP contribution < -0.4 is 11.1 Å². The maximum Gasteiger partial charge on any atom is 0.230 e. The van der Waals surface area contributed by atoms with Gasteiger partial charge >= 0.3 is 0 Å². The number of carbonyl (C=O) groups is 2. The van der Waals surface area contributed by atoms with E-state index in [4.69, 9.17) is 10.5 Å². The van der Waals surface area contributed by atoms with Gasteiger partial charge in [0, 0.05) is 6.54 Å². The second-order valence-electron chi connectivity index (χ2n) is 7.48. The number of anilines is 1. The quantitative estimate of drug-likeness (QED) is 0.207. The monoisotopic (exact) mass is 458 g/mol. The van der Waals surface area contributed by atoms with Gasteiger partial charge < -0.3 is 36.2 Å².